The summed E-state index contributed by atoms with van der Waals surface area (Å²) in [5.74, 6) is 1.11. The van der Waals surface area contributed by atoms with Crippen molar-refractivity contribution in [2.45, 2.75) is 123 Å². The number of amides is 4. The first kappa shape index (κ1) is 50.4. The average Bonchev–Trinajstić information content (AvgIpc) is 4.20. The number of nitrogens with zero attached hydrogens (tertiary/aromatic N) is 7. The number of thiophene rings is 1. The number of aryl methyl sites for hydroxylation is 3. The Kier molecular flexibility index (Phi) is 13.6. The monoisotopic (exact) mass is 1040 g/mol. The van der Waals surface area contributed by atoms with Gasteiger partial charge in [-0.2, -0.15) is 0 Å². The lowest BCUT2D eigenvalue weighted by Gasteiger charge is -2.36. The van der Waals surface area contributed by atoms with E-state index in [1.54, 1.807) is 41.8 Å². The van der Waals surface area contributed by atoms with Crippen molar-refractivity contribution < 1.29 is 33.4 Å². The largest absolute Gasteiger partial charge is 0.490 e. The number of nitrogens with one attached hydrogen (secondary N) is 3. The highest BCUT2D eigenvalue weighted by atomic mass is 35.5. The Labute approximate surface area is 437 Å². The van der Waals surface area contributed by atoms with Crippen molar-refractivity contribution in [3.63, 3.8) is 0 Å². The van der Waals surface area contributed by atoms with Gasteiger partial charge in [0.2, 0.25) is 17.7 Å². The third-order valence-electron chi connectivity index (χ3n) is 14.3. The minimum atomic E-state index is -1.06. The molecule has 5 atom stereocenters. The molecule has 19 heteroatoms. The Morgan fingerprint density at radius 2 is 1.68 bits per heavy atom. The molecule has 4 N–H and O–H groups in total. The molecule has 1 saturated heterocycles. The van der Waals surface area contributed by atoms with Crippen molar-refractivity contribution in [2.24, 2.45) is 10.4 Å². The van der Waals surface area contributed by atoms with Gasteiger partial charge in [0.25, 0.3) is 5.91 Å². The van der Waals surface area contributed by atoms with E-state index in [0.29, 0.717) is 40.4 Å². The van der Waals surface area contributed by atoms with Crippen molar-refractivity contribution in [3.05, 3.63) is 141 Å². The van der Waals surface area contributed by atoms with Crippen molar-refractivity contribution >= 4 is 63.2 Å². The number of β-amino-alcohol motifs (C(OH)–C–C–N with tert-alkyl or cyclic N) is 1. The number of hydrogen-bond donors (Lipinski definition) is 4. The summed E-state index contributed by atoms with van der Waals surface area (Å²) in [6.07, 6.45) is 3.86. The Balaban J connectivity index is 0.754. The second kappa shape index (κ2) is 19.9. The number of carbonyl (C=O) groups excluding carboxylic acids is 4. The van der Waals surface area contributed by atoms with E-state index < -0.39 is 47.4 Å². The molecule has 0 spiro atoms. The molecule has 3 aliphatic rings. The maximum Gasteiger partial charge on any atom is 0.287 e. The molecular formula is C55H59ClN10O7S. The highest BCUT2D eigenvalue weighted by Gasteiger charge is 2.45. The molecule has 0 radical (unpaired) electrons. The van der Waals surface area contributed by atoms with Crippen LogP contribution in [-0.2, 0) is 14.4 Å². The molecule has 0 bridgehead atoms. The first-order valence-electron chi connectivity index (χ1n) is 24.9. The molecule has 3 aromatic carbocycles. The van der Waals surface area contributed by atoms with E-state index in [4.69, 9.17) is 25.7 Å². The van der Waals surface area contributed by atoms with Gasteiger partial charge in [-0.15, -0.1) is 21.5 Å². The highest BCUT2D eigenvalue weighted by molar-refractivity contribution is 7.15. The number of ether oxygens (including phenoxy) is 1. The molecule has 10 rings (SSSR count). The van der Waals surface area contributed by atoms with Crippen molar-refractivity contribution in [1.82, 2.24) is 45.2 Å². The molecule has 17 nitrogen and oxygen atoms in total. The average molecular weight is 1040 g/mol. The van der Waals surface area contributed by atoms with Crippen molar-refractivity contribution in [2.75, 3.05) is 6.54 Å². The zero-order chi connectivity index (χ0) is 52.3. The van der Waals surface area contributed by atoms with E-state index in [1.165, 1.54) is 4.90 Å². The lowest BCUT2D eigenvalue weighted by atomic mass is 9.85. The zero-order valence-electron chi connectivity index (χ0n) is 42.5. The smallest absolute Gasteiger partial charge is 0.287 e. The Bertz CT molecular complexity index is 3330. The molecule has 1 saturated carbocycles. The van der Waals surface area contributed by atoms with Crippen LogP contribution in [0, 0.1) is 33.1 Å². The van der Waals surface area contributed by atoms with Gasteiger partial charge in [-0.1, -0.05) is 56.6 Å². The molecule has 2 fully saturated rings. The van der Waals surface area contributed by atoms with Crippen LogP contribution in [-0.4, -0.2) is 101 Å². The second-order valence-corrected chi connectivity index (χ2v) is 22.4. The summed E-state index contributed by atoms with van der Waals surface area (Å²) in [6.45, 7) is 15.3. The number of aliphatic imine (C=N–C) groups is 1. The first-order valence-corrected chi connectivity index (χ1v) is 26.0. The predicted octanol–water partition coefficient (Wildman–Crippen LogP) is 8.14. The number of rotatable bonds is 13. The van der Waals surface area contributed by atoms with Gasteiger partial charge < -0.3 is 39.7 Å². The molecule has 1 aliphatic carbocycles. The number of imidazole rings is 1. The highest BCUT2D eigenvalue weighted by Crippen LogP contribution is 2.40. The number of likely N-dealkylation sites (tertiary alicyclic amines) is 1. The van der Waals surface area contributed by atoms with Crippen LogP contribution in [0.1, 0.15) is 121 Å². The molecule has 4 aromatic heterocycles. The molecule has 6 heterocycles. The fraction of sp³-hybridized carbons (Fsp3) is 0.382. The van der Waals surface area contributed by atoms with Gasteiger partial charge in [0.1, 0.15) is 52.2 Å². The van der Waals surface area contributed by atoms with Crippen molar-refractivity contribution in [1.29, 1.82) is 0 Å². The fourth-order valence-corrected chi connectivity index (χ4v) is 11.4. The minimum Gasteiger partial charge on any atom is -0.490 e. The van der Waals surface area contributed by atoms with E-state index in [1.807, 2.05) is 105 Å². The Hall–Kier alpha value is -7.15. The van der Waals surface area contributed by atoms with E-state index in [-0.39, 0.29) is 49.2 Å². The first-order chi connectivity index (χ1) is 35.3. The molecule has 4 amide bonds. The zero-order valence-corrected chi connectivity index (χ0v) is 44.0. The summed E-state index contributed by atoms with van der Waals surface area (Å²) in [7, 11) is 0. The number of aliphatic hydroxyl groups is 1. The molecule has 74 heavy (non-hydrogen) atoms. The molecule has 1 unspecified atom stereocenters. The van der Waals surface area contributed by atoms with E-state index >= 15 is 0 Å². The molecule has 2 aliphatic heterocycles. The van der Waals surface area contributed by atoms with Crippen LogP contribution in [0.2, 0.25) is 5.02 Å². The number of halogens is 1. The van der Waals surface area contributed by atoms with Crippen LogP contribution in [0.15, 0.2) is 94.6 Å². The van der Waals surface area contributed by atoms with Gasteiger partial charge in [-0.05, 0) is 99.7 Å². The minimum absolute atomic E-state index is 0.00280. The van der Waals surface area contributed by atoms with E-state index in [0.717, 1.165) is 55.2 Å². The summed E-state index contributed by atoms with van der Waals surface area (Å²) >= 11 is 7.94. The topological polar surface area (TPSA) is 211 Å². The van der Waals surface area contributed by atoms with Gasteiger partial charge in [0.05, 0.1) is 24.3 Å². The SMILES string of the molecule is Cc1sc2c(c1C)C(c1ccc(Cl)cc1)=N[C@@H](CC(=O)N[C@H]1C[C@@H](Oc3ccc4oc(C(=O)NC(C(=O)N5C[C@H](O)C[C@H]5C(=O)N[C@@H](C)c5ccc(-n6ccnc6C)cc5)C(C)(C)C)cc4c3)C1)c1nnc(C)n1-2. The number of furan rings is 1. The van der Waals surface area contributed by atoms with Gasteiger partial charge in [0.15, 0.2) is 11.6 Å². The number of fused-ring (bicyclic) bond motifs is 4. The number of benzene rings is 3. The summed E-state index contributed by atoms with van der Waals surface area (Å²) in [5, 5.41) is 31.0. The summed E-state index contributed by atoms with van der Waals surface area (Å²) in [5.41, 5.74) is 5.27. The quantitative estimate of drug-likeness (QED) is 0.0871. The third-order valence-corrected chi connectivity index (χ3v) is 15.8. The predicted molar refractivity (Wildman–Crippen MR) is 281 cm³/mol. The number of aromatic nitrogens is 5. The normalized spacial score (nSPS) is 20.2. The lowest BCUT2D eigenvalue weighted by Crippen LogP contribution is -2.57. The Morgan fingerprint density at radius 3 is 2.38 bits per heavy atom. The maximum absolute atomic E-state index is 14.4. The lowest BCUT2D eigenvalue weighted by molar-refractivity contribution is -0.142. The second-order valence-electron chi connectivity index (χ2n) is 20.7. The summed E-state index contributed by atoms with van der Waals surface area (Å²) < 4.78 is 16.3. The van der Waals surface area contributed by atoms with Crippen LogP contribution < -0.4 is 20.7 Å². The maximum atomic E-state index is 14.4. The summed E-state index contributed by atoms with van der Waals surface area (Å²) in [6, 6.07) is 19.2. The Morgan fingerprint density at radius 1 is 0.932 bits per heavy atom. The van der Waals surface area contributed by atoms with Gasteiger partial charge in [-0.3, -0.25) is 28.7 Å². The van der Waals surface area contributed by atoms with E-state index in [9.17, 15) is 24.3 Å². The van der Waals surface area contributed by atoms with Gasteiger partial charge >= 0.3 is 0 Å². The number of carbonyl (C=O) groups is 4. The van der Waals surface area contributed by atoms with Crippen LogP contribution >= 0.6 is 22.9 Å². The standard InChI is InChI=1S/C55H59ClN10O7S/c1-28-30(3)74-54-47(28)48(34-9-13-36(56)14-10-34)60-42(50-63-62-32(5)66(50)54)26-46(68)59-37-23-41(24-37)72-40-17-18-44-35(21-40)22-45(73-44)52(70)61-49(55(6,7)8)53(71)65-27-39(67)25-43(65)51(69)58-29(2)33-11-15-38(16-12-33)64-20-19-57-31(64)4/h9-22,29,37,39,41-43,49,67H,23-27H2,1-8H3,(H,58,69)(H,59,68)(H,61,70)/t29-,37-,39+,41+,42-,43-,49?/m0/s1. The molecule has 7 aromatic rings. The van der Waals surface area contributed by atoms with Crippen LogP contribution in [0.5, 0.6) is 5.75 Å². The van der Waals surface area contributed by atoms with Crippen LogP contribution in [0.25, 0.3) is 21.7 Å². The fourth-order valence-electron chi connectivity index (χ4n) is 10.1. The number of hydrogen-bond acceptors (Lipinski definition) is 12. The van der Waals surface area contributed by atoms with Gasteiger partial charge in [0, 0.05) is 76.3 Å². The van der Waals surface area contributed by atoms with Crippen molar-refractivity contribution in [3.8, 4) is 16.4 Å². The third kappa shape index (κ3) is 9.97. The summed E-state index contributed by atoms with van der Waals surface area (Å²) in [4.78, 5) is 67.9. The molecular weight excluding hydrogens is 980 g/mol. The molecule has 384 valence electrons. The number of aliphatic hydroxyl groups excluding tert-OH is 1. The van der Waals surface area contributed by atoms with Gasteiger partial charge in [-0.25, -0.2) is 4.98 Å². The van der Waals surface area contributed by atoms with E-state index in [2.05, 4.69) is 45.0 Å². The van der Waals surface area contributed by atoms with Crippen LogP contribution in [0.3, 0.4) is 0 Å². The van der Waals surface area contributed by atoms with Crippen LogP contribution in [0.4, 0.5) is 0 Å².